The number of rotatable bonds is 8. The molecular weight excluding hydrogens is 206 g/mol. The predicted molar refractivity (Wildman–Crippen MR) is 69.7 cm³/mol. The fourth-order valence-corrected chi connectivity index (χ4v) is 3.39. The van der Waals surface area contributed by atoms with Crippen LogP contribution in [0, 0.1) is 5.92 Å². The Kier molecular flexibility index (Phi) is 8.34. The lowest BCUT2D eigenvalue weighted by Crippen LogP contribution is -2.41. The lowest BCUT2D eigenvalue weighted by Gasteiger charge is -2.24. The fraction of sp³-hybridized carbons (Fsp3) is 1.00. The lowest BCUT2D eigenvalue weighted by atomic mass is 10.1. The van der Waals surface area contributed by atoms with E-state index in [0.717, 1.165) is 25.1 Å². The zero-order chi connectivity index (χ0) is 11.8. The maximum Gasteiger partial charge on any atom is 0.0473 e. The Hall–Kier alpha value is 0.110. The van der Waals surface area contributed by atoms with Crippen LogP contribution in [0.15, 0.2) is 0 Å². The molecule has 4 atom stereocenters. The molecule has 0 aromatic carbocycles. The second-order valence-corrected chi connectivity index (χ2v) is 6.18. The van der Waals surface area contributed by atoms with E-state index in [9.17, 15) is 4.21 Å². The van der Waals surface area contributed by atoms with Gasteiger partial charge in [0.15, 0.2) is 0 Å². The minimum atomic E-state index is -0.689. The van der Waals surface area contributed by atoms with E-state index in [1.165, 1.54) is 0 Å². The van der Waals surface area contributed by atoms with Gasteiger partial charge in [-0.15, -0.1) is 0 Å². The van der Waals surface area contributed by atoms with Crippen molar-refractivity contribution in [1.29, 1.82) is 0 Å². The average Bonchev–Trinajstić information content (AvgIpc) is 2.24. The Morgan fingerprint density at radius 1 is 1.13 bits per heavy atom. The highest BCUT2D eigenvalue weighted by atomic mass is 32.2. The van der Waals surface area contributed by atoms with Gasteiger partial charge >= 0.3 is 0 Å². The largest absolute Gasteiger partial charge is 0.313 e. The molecule has 2 nitrogen and oxygen atoms in total. The molecule has 15 heavy (non-hydrogen) atoms. The van der Waals surface area contributed by atoms with Gasteiger partial charge in [-0.2, -0.15) is 0 Å². The Balaban J connectivity index is 4.15. The van der Waals surface area contributed by atoms with Crippen LogP contribution in [0.1, 0.15) is 47.5 Å². The van der Waals surface area contributed by atoms with E-state index < -0.39 is 10.8 Å². The Morgan fingerprint density at radius 2 is 1.73 bits per heavy atom. The molecule has 0 heterocycles. The maximum absolute atomic E-state index is 12.1. The first-order valence-electron chi connectivity index (χ1n) is 6.17. The van der Waals surface area contributed by atoms with Gasteiger partial charge in [0.2, 0.25) is 0 Å². The van der Waals surface area contributed by atoms with Gasteiger partial charge in [0.1, 0.15) is 0 Å². The van der Waals surface area contributed by atoms with E-state index in [4.69, 9.17) is 0 Å². The number of hydrogen-bond acceptors (Lipinski definition) is 2. The summed E-state index contributed by atoms with van der Waals surface area (Å²) in [6.07, 6.45) is 2.18. The lowest BCUT2D eigenvalue weighted by molar-refractivity contribution is 0.497. The molecule has 92 valence electrons. The minimum absolute atomic E-state index is 0.268. The van der Waals surface area contributed by atoms with Crippen molar-refractivity contribution in [1.82, 2.24) is 5.32 Å². The number of hydrogen-bond donors (Lipinski definition) is 1. The minimum Gasteiger partial charge on any atom is -0.313 e. The molecule has 0 saturated heterocycles. The van der Waals surface area contributed by atoms with Crippen molar-refractivity contribution in [3.8, 4) is 0 Å². The van der Waals surface area contributed by atoms with E-state index in [0.29, 0.717) is 12.0 Å². The van der Waals surface area contributed by atoms with Crippen molar-refractivity contribution < 1.29 is 4.21 Å². The van der Waals surface area contributed by atoms with Crippen LogP contribution in [-0.4, -0.2) is 27.8 Å². The zero-order valence-corrected chi connectivity index (χ0v) is 11.7. The van der Waals surface area contributed by atoms with Crippen molar-refractivity contribution in [3.05, 3.63) is 0 Å². The zero-order valence-electron chi connectivity index (χ0n) is 10.9. The molecule has 0 spiro atoms. The van der Waals surface area contributed by atoms with E-state index >= 15 is 0 Å². The van der Waals surface area contributed by atoms with Gasteiger partial charge in [-0.3, -0.25) is 4.21 Å². The summed E-state index contributed by atoms with van der Waals surface area (Å²) in [5.41, 5.74) is 0. The second-order valence-electron chi connectivity index (χ2n) is 4.34. The molecule has 1 N–H and O–H groups in total. The average molecular weight is 233 g/mol. The van der Waals surface area contributed by atoms with Gasteiger partial charge in [0.25, 0.3) is 0 Å². The summed E-state index contributed by atoms with van der Waals surface area (Å²) in [5, 5.41) is 3.68. The third kappa shape index (κ3) is 5.67. The van der Waals surface area contributed by atoms with Crippen molar-refractivity contribution in [2.45, 2.75) is 58.8 Å². The van der Waals surface area contributed by atoms with Gasteiger partial charge < -0.3 is 5.32 Å². The van der Waals surface area contributed by atoms with Crippen LogP contribution in [0.5, 0.6) is 0 Å². The van der Waals surface area contributed by atoms with E-state index in [1.54, 1.807) is 0 Å². The highest BCUT2D eigenvalue weighted by Crippen LogP contribution is 2.11. The van der Waals surface area contributed by atoms with E-state index in [-0.39, 0.29) is 5.25 Å². The summed E-state index contributed by atoms with van der Waals surface area (Å²) >= 11 is 0. The van der Waals surface area contributed by atoms with Crippen molar-refractivity contribution in [2.24, 2.45) is 5.92 Å². The Morgan fingerprint density at radius 3 is 2.13 bits per heavy atom. The molecule has 3 heteroatoms. The molecule has 0 fully saturated rings. The molecule has 0 radical (unpaired) electrons. The van der Waals surface area contributed by atoms with E-state index in [1.807, 2.05) is 0 Å². The monoisotopic (exact) mass is 233 g/mol. The van der Waals surface area contributed by atoms with Crippen LogP contribution in [0.25, 0.3) is 0 Å². The van der Waals surface area contributed by atoms with Gasteiger partial charge in [0, 0.05) is 27.8 Å². The topological polar surface area (TPSA) is 29.1 Å². The highest BCUT2D eigenvalue weighted by molar-refractivity contribution is 7.85. The first-order chi connectivity index (χ1) is 7.06. The fourth-order valence-electron chi connectivity index (χ4n) is 1.64. The van der Waals surface area contributed by atoms with Gasteiger partial charge in [-0.25, -0.2) is 0 Å². The van der Waals surface area contributed by atoms with Crippen molar-refractivity contribution >= 4 is 10.8 Å². The maximum atomic E-state index is 12.1. The highest BCUT2D eigenvalue weighted by Gasteiger charge is 2.21. The summed E-state index contributed by atoms with van der Waals surface area (Å²) in [6.45, 7) is 11.7. The van der Waals surface area contributed by atoms with Gasteiger partial charge in [-0.1, -0.05) is 34.1 Å². The molecule has 0 aliphatic carbocycles. The number of nitrogens with one attached hydrogen (secondary N) is 1. The molecule has 0 aliphatic rings. The van der Waals surface area contributed by atoms with Crippen molar-refractivity contribution in [2.75, 3.05) is 12.3 Å². The second kappa shape index (κ2) is 8.28. The van der Waals surface area contributed by atoms with Crippen LogP contribution in [0.3, 0.4) is 0 Å². The molecule has 0 aliphatic heterocycles. The SMILES string of the molecule is CCNC(CC)C(C)S(=O)CC(C)CC. The third-order valence-electron chi connectivity index (χ3n) is 3.03. The standard InChI is InChI=1S/C12H27NOS/c1-6-10(4)9-15(14)11(5)12(7-2)13-8-3/h10-13H,6-9H2,1-5H3. The summed E-state index contributed by atoms with van der Waals surface area (Å²) in [7, 11) is -0.689. The van der Waals surface area contributed by atoms with Gasteiger partial charge in [0.05, 0.1) is 0 Å². The molecule has 4 unspecified atom stereocenters. The van der Waals surface area contributed by atoms with Crippen LogP contribution in [0.2, 0.25) is 0 Å². The first kappa shape index (κ1) is 15.1. The smallest absolute Gasteiger partial charge is 0.0473 e. The molecule has 0 aromatic rings. The van der Waals surface area contributed by atoms with Crippen LogP contribution < -0.4 is 5.32 Å². The Bertz CT molecular complexity index is 184. The summed E-state index contributed by atoms with van der Waals surface area (Å²) in [5.74, 6) is 1.42. The summed E-state index contributed by atoms with van der Waals surface area (Å²) < 4.78 is 12.1. The van der Waals surface area contributed by atoms with Crippen LogP contribution in [0.4, 0.5) is 0 Å². The summed E-state index contributed by atoms with van der Waals surface area (Å²) in [4.78, 5) is 0. The molecule has 0 saturated carbocycles. The molecule has 0 aromatic heterocycles. The van der Waals surface area contributed by atoms with Crippen molar-refractivity contribution in [3.63, 3.8) is 0 Å². The predicted octanol–water partition coefficient (Wildman–Crippen LogP) is 2.56. The first-order valence-corrected chi connectivity index (χ1v) is 7.55. The molecule has 0 rings (SSSR count). The quantitative estimate of drug-likeness (QED) is 0.698. The summed E-state index contributed by atoms with van der Waals surface area (Å²) in [6, 6.07) is 0.403. The van der Waals surface area contributed by atoms with E-state index in [2.05, 4.69) is 39.9 Å². The van der Waals surface area contributed by atoms with Gasteiger partial charge in [-0.05, 0) is 25.8 Å². The third-order valence-corrected chi connectivity index (χ3v) is 5.09. The van der Waals surface area contributed by atoms with Crippen LogP contribution >= 0.6 is 0 Å². The molecular formula is C12H27NOS. The Labute approximate surface area is 97.7 Å². The van der Waals surface area contributed by atoms with Crippen LogP contribution in [-0.2, 0) is 10.8 Å². The molecule has 0 bridgehead atoms. The normalized spacial score (nSPS) is 19.5. The molecule has 0 amide bonds.